The van der Waals surface area contributed by atoms with E-state index in [0.717, 1.165) is 0 Å². The number of rotatable bonds is 3. The van der Waals surface area contributed by atoms with Gasteiger partial charge in [-0.1, -0.05) is 41.1 Å². The van der Waals surface area contributed by atoms with Gasteiger partial charge in [-0.3, -0.25) is 0 Å². The summed E-state index contributed by atoms with van der Waals surface area (Å²) in [5.74, 6) is -0.521. The molecule has 5 heteroatoms. The van der Waals surface area contributed by atoms with E-state index in [9.17, 15) is 9.18 Å². The summed E-state index contributed by atoms with van der Waals surface area (Å²) in [4.78, 5) is 11.9. The van der Waals surface area contributed by atoms with Crippen molar-refractivity contribution in [3.63, 3.8) is 0 Å². The number of benzene rings is 1. The van der Waals surface area contributed by atoms with Gasteiger partial charge in [-0.05, 0) is 18.6 Å². The second-order valence-corrected chi connectivity index (χ2v) is 5.02. The first-order valence-corrected chi connectivity index (χ1v) is 6.74. The Hall–Kier alpha value is -0.940. The van der Waals surface area contributed by atoms with E-state index in [1.807, 2.05) is 6.92 Å². The Balaban J connectivity index is 2.06. The van der Waals surface area contributed by atoms with Gasteiger partial charge in [-0.15, -0.1) is 0 Å². The smallest absolute Gasteiger partial charge is 0.338 e. The topological polar surface area (TPSA) is 35.5 Å². The zero-order valence-corrected chi connectivity index (χ0v) is 11.5. The molecule has 4 atom stereocenters. The summed E-state index contributed by atoms with van der Waals surface area (Å²) in [6.45, 7) is 1.87. The van der Waals surface area contributed by atoms with E-state index in [-0.39, 0.29) is 0 Å². The van der Waals surface area contributed by atoms with Gasteiger partial charge in [-0.2, -0.15) is 0 Å². The van der Waals surface area contributed by atoms with Crippen LogP contribution in [0.4, 0.5) is 4.39 Å². The first kappa shape index (κ1) is 13.5. The van der Waals surface area contributed by atoms with Gasteiger partial charge < -0.3 is 9.47 Å². The summed E-state index contributed by atoms with van der Waals surface area (Å²) < 4.78 is 24.4. The van der Waals surface area contributed by atoms with Crippen LogP contribution in [0, 0.1) is 0 Å². The van der Waals surface area contributed by atoms with Gasteiger partial charge in [0.1, 0.15) is 5.01 Å². The Morgan fingerprint density at radius 2 is 2.11 bits per heavy atom. The number of esters is 1. The maximum Gasteiger partial charge on any atom is 0.338 e. The number of ether oxygens (including phenoxy) is 2. The molecule has 0 bridgehead atoms. The molecule has 1 unspecified atom stereocenters. The monoisotopic (exact) mass is 316 g/mol. The molecule has 18 heavy (non-hydrogen) atoms. The van der Waals surface area contributed by atoms with Crippen LogP contribution in [0.3, 0.4) is 0 Å². The number of carbonyl (C=O) groups excluding carboxylic acids is 1. The van der Waals surface area contributed by atoms with Gasteiger partial charge in [0.15, 0.2) is 12.3 Å². The van der Waals surface area contributed by atoms with E-state index in [4.69, 9.17) is 9.47 Å². The highest BCUT2D eigenvalue weighted by atomic mass is 79.9. The van der Waals surface area contributed by atoms with Crippen molar-refractivity contribution >= 4 is 21.9 Å². The van der Waals surface area contributed by atoms with E-state index >= 15 is 0 Å². The van der Waals surface area contributed by atoms with E-state index in [1.54, 1.807) is 30.3 Å². The van der Waals surface area contributed by atoms with E-state index in [1.165, 1.54) is 0 Å². The van der Waals surface area contributed by atoms with Gasteiger partial charge in [0.25, 0.3) is 0 Å². The van der Waals surface area contributed by atoms with Crippen molar-refractivity contribution < 1.29 is 18.7 Å². The molecule has 1 aliphatic heterocycles. The third-order valence-corrected chi connectivity index (χ3v) is 3.61. The summed E-state index contributed by atoms with van der Waals surface area (Å²) in [5.41, 5.74) is 0.414. The molecule has 1 saturated heterocycles. The maximum atomic E-state index is 13.8. The molecule has 1 heterocycles. The van der Waals surface area contributed by atoms with Crippen molar-refractivity contribution in [3.8, 4) is 0 Å². The number of alkyl halides is 2. The number of carbonyl (C=O) groups is 1. The van der Waals surface area contributed by atoms with E-state index in [0.29, 0.717) is 12.0 Å². The summed E-state index contributed by atoms with van der Waals surface area (Å²) in [7, 11) is 0. The van der Waals surface area contributed by atoms with Gasteiger partial charge in [0.2, 0.25) is 0 Å². The summed E-state index contributed by atoms with van der Waals surface area (Å²) in [5, 5.41) is -0.712. The number of hydrogen-bond donors (Lipinski definition) is 0. The lowest BCUT2D eigenvalue weighted by Gasteiger charge is -2.18. The summed E-state index contributed by atoms with van der Waals surface area (Å²) in [6, 6.07) is 8.55. The normalized spacial score (nSPS) is 31.3. The molecule has 0 aliphatic carbocycles. The maximum absolute atomic E-state index is 13.8. The molecule has 3 nitrogen and oxygen atoms in total. The molecule has 0 radical (unpaired) electrons. The van der Waals surface area contributed by atoms with Crippen molar-refractivity contribution in [2.24, 2.45) is 0 Å². The fourth-order valence-corrected chi connectivity index (χ4v) is 2.49. The van der Waals surface area contributed by atoms with Crippen molar-refractivity contribution in [2.75, 3.05) is 0 Å². The highest BCUT2D eigenvalue weighted by molar-refractivity contribution is 9.09. The molecule has 0 spiro atoms. The molecule has 98 valence electrons. The predicted molar refractivity (Wildman–Crippen MR) is 68.4 cm³/mol. The van der Waals surface area contributed by atoms with Gasteiger partial charge >= 0.3 is 5.97 Å². The van der Waals surface area contributed by atoms with E-state index in [2.05, 4.69) is 15.9 Å². The standard InChI is InChI=1S/C13H14BrFO3/c1-2-9-11(10(15)12(14)17-9)18-13(16)8-6-4-3-5-7-8/h3-7,9-12H,2H2,1H3/t9-,10+,11-,12?/m0/s1. The highest BCUT2D eigenvalue weighted by Gasteiger charge is 2.45. The fourth-order valence-electron chi connectivity index (χ4n) is 1.91. The third-order valence-electron chi connectivity index (χ3n) is 2.89. The zero-order chi connectivity index (χ0) is 13.1. The minimum absolute atomic E-state index is 0.406. The third kappa shape index (κ3) is 2.72. The molecule has 1 aromatic rings. The minimum Gasteiger partial charge on any atom is -0.453 e. The zero-order valence-electron chi connectivity index (χ0n) is 9.88. The fraction of sp³-hybridized carbons (Fsp3) is 0.462. The van der Waals surface area contributed by atoms with Crippen LogP contribution in [0.25, 0.3) is 0 Å². The molecule has 0 N–H and O–H groups in total. The van der Waals surface area contributed by atoms with Crippen LogP contribution in [-0.2, 0) is 9.47 Å². The molecule has 1 fully saturated rings. The average molecular weight is 317 g/mol. The SMILES string of the molecule is CC[C@@H]1OC(Br)[C@H](F)[C@H]1OC(=O)c1ccccc1. The number of hydrogen-bond acceptors (Lipinski definition) is 3. The Kier molecular flexibility index (Phi) is 4.35. The van der Waals surface area contributed by atoms with Crippen LogP contribution in [0.1, 0.15) is 23.7 Å². The Morgan fingerprint density at radius 1 is 1.44 bits per heavy atom. The largest absolute Gasteiger partial charge is 0.453 e. The quantitative estimate of drug-likeness (QED) is 0.635. The Morgan fingerprint density at radius 3 is 2.72 bits per heavy atom. The average Bonchev–Trinajstić information content (AvgIpc) is 2.67. The van der Waals surface area contributed by atoms with Crippen molar-refractivity contribution in [3.05, 3.63) is 35.9 Å². The lowest BCUT2D eigenvalue weighted by atomic mass is 10.1. The molecular weight excluding hydrogens is 303 g/mol. The Bertz CT molecular complexity index is 412. The van der Waals surface area contributed by atoms with Crippen molar-refractivity contribution in [1.29, 1.82) is 0 Å². The minimum atomic E-state index is -1.34. The van der Waals surface area contributed by atoms with Crippen LogP contribution in [0.2, 0.25) is 0 Å². The van der Waals surface area contributed by atoms with Crippen molar-refractivity contribution in [1.82, 2.24) is 0 Å². The number of halogens is 2. The van der Waals surface area contributed by atoms with Crippen molar-refractivity contribution in [2.45, 2.75) is 36.7 Å². The first-order valence-electron chi connectivity index (χ1n) is 5.83. The summed E-state index contributed by atoms with van der Waals surface area (Å²) >= 11 is 3.08. The Labute approximate surface area is 113 Å². The second-order valence-electron chi connectivity index (χ2n) is 4.11. The van der Waals surface area contributed by atoms with Crippen LogP contribution in [0.15, 0.2) is 30.3 Å². The van der Waals surface area contributed by atoms with Gasteiger partial charge in [-0.25, -0.2) is 9.18 Å². The lowest BCUT2D eigenvalue weighted by Crippen LogP contribution is -2.33. The molecule has 2 rings (SSSR count). The molecule has 1 aliphatic rings. The highest BCUT2D eigenvalue weighted by Crippen LogP contribution is 2.32. The molecule has 1 aromatic carbocycles. The first-order chi connectivity index (χ1) is 8.63. The lowest BCUT2D eigenvalue weighted by molar-refractivity contribution is -0.00905. The van der Waals surface area contributed by atoms with Crippen LogP contribution in [-0.4, -0.2) is 29.4 Å². The molecule has 0 aromatic heterocycles. The van der Waals surface area contributed by atoms with E-state index < -0.39 is 29.4 Å². The second kappa shape index (κ2) is 5.80. The molecule has 0 amide bonds. The van der Waals surface area contributed by atoms with Crippen LogP contribution >= 0.6 is 15.9 Å². The summed E-state index contributed by atoms with van der Waals surface area (Å²) in [6.07, 6.45) is -2.01. The van der Waals surface area contributed by atoms with Crippen LogP contribution < -0.4 is 0 Å². The molecular formula is C13H14BrFO3. The predicted octanol–water partition coefficient (Wildman–Crippen LogP) is 3.08. The van der Waals surface area contributed by atoms with Gasteiger partial charge in [0, 0.05) is 0 Å². The molecule has 0 saturated carbocycles. The van der Waals surface area contributed by atoms with Gasteiger partial charge in [0.05, 0.1) is 11.7 Å². The van der Waals surface area contributed by atoms with Crippen LogP contribution in [0.5, 0.6) is 0 Å².